The fraction of sp³-hybridized carbons (Fsp3) is 0.100. The van der Waals surface area contributed by atoms with Gasteiger partial charge in [0.1, 0.15) is 0 Å². The van der Waals surface area contributed by atoms with Gasteiger partial charge in [-0.25, -0.2) is 14.3 Å². The van der Waals surface area contributed by atoms with Crippen LogP contribution in [0.2, 0.25) is 0 Å². The molecule has 0 aliphatic rings. The minimum absolute atomic E-state index is 0.0279. The number of alkyl halides is 3. The number of carboxylic acids is 1. The Bertz CT molecular complexity index is 1300. The zero-order chi connectivity index (χ0) is 21.6. The number of pyridine rings is 1. The van der Waals surface area contributed by atoms with Crippen molar-refractivity contribution in [3.05, 3.63) is 65.6 Å². The van der Waals surface area contributed by atoms with Gasteiger partial charge in [-0.2, -0.15) is 18.3 Å². The second-order valence-corrected chi connectivity index (χ2v) is 6.63. The van der Waals surface area contributed by atoms with Crippen molar-refractivity contribution in [1.82, 2.24) is 19.6 Å². The number of nitrogens with zero attached hydrogens (tertiary/aromatic N) is 4. The minimum Gasteiger partial charge on any atom is -0.476 e. The number of nitrogen functional groups attached to an aromatic ring is 1. The number of rotatable bonds is 3. The topological polar surface area (TPSA) is 106 Å². The number of carbonyl (C=O) groups is 1. The van der Waals surface area contributed by atoms with Gasteiger partial charge < -0.3 is 10.8 Å². The summed E-state index contributed by atoms with van der Waals surface area (Å²) in [7, 11) is 0. The summed E-state index contributed by atoms with van der Waals surface area (Å²) in [6, 6.07) is 8.21. The Morgan fingerprint density at radius 3 is 2.53 bits per heavy atom. The Labute approximate surface area is 167 Å². The number of benzene rings is 1. The average molecular weight is 413 g/mol. The Morgan fingerprint density at radius 1 is 1.10 bits per heavy atom. The summed E-state index contributed by atoms with van der Waals surface area (Å²) in [6.07, 6.45) is -2.15. The Hall–Kier alpha value is -3.95. The van der Waals surface area contributed by atoms with Crippen LogP contribution in [0.25, 0.3) is 28.2 Å². The summed E-state index contributed by atoms with van der Waals surface area (Å²) < 4.78 is 42.7. The number of aromatic nitrogens is 4. The van der Waals surface area contributed by atoms with Crippen molar-refractivity contribution in [2.75, 3.05) is 5.73 Å². The van der Waals surface area contributed by atoms with E-state index in [1.165, 1.54) is 36.5 Å². The Balaban J connectivity index is 1.94. The van der Waals surface area contributed by atoms with Gasteiger partial charge in [0.15, 0.2) is 11.3 Å². The number of aromatic carboxylic acids is 1. The fourth-order valence-corrected chi connectivity index (χ4v) is 3.17. The maximum Gasteiger partial charge on any atom is 0.417 e. The summed E-state index contributed by atoms with van der Waals surface area (Å²) >= 11 is 0. The van der Waals surface area contributed by atoms with Crippen LogP contribution in [0.1, 0.15) is 21.6 Å². The molecular weight excluding hydrogens is 399 g/mol. The van der Waals surface area contributed by atoms with Gasteiger partial charge in [-0.15, -0.1) is 0 Å². The third kappa shape index (κ3) is 3.32. The predicted molar refractivity (Wildman–Crippen MR) is 103 cm³/mol. The minimum atomic E-state index is -4.68. The van der Waals surface area contributed by atoms with E-state index in [0.29, 0.717) is 16.9 Å². The molecule has 0 fully saturated rings. The number of carboxylic acid groups (broad SMARTS) is 1. The maximum atomic E-state index is 13.9. The lowest BCUT2D eigenvalue weighted by molar-refractivity contribution is -0.137. The van der Waals surface area contributed by atoms with Crippen LogP contribution in [0.4, 0.5) is 18.9 Å². The largest absolute Gasteiger partial charge is 0.476 e. The molecule has 3 aromatic heterocycles. The highest BCUT2D eigenvalue weighted by molar-refractivity contribution is 5.86. The smallest absolute Gasteiger partial charge is 0.417 e. The van der Waals surface area contributed by atoms with Gasteiger partial charge in [0.25, 0.3) is 0 Å². The standard InChI is InChI=1S/C20H14F3N5O2/c1-10-6-16(27-28-17(19(29)30)9-26-18(10)28)13-3-2-11(7-14(13)20(21,22)23)15-8-12(24)4-5-25-15/h2-9H,1H3,(H2,24,25)(H,29,30). The first-order valence-electron chi connectivity index (χ1n) is 8.67. The molecule has 0 aliphatic carbocycles. The molecule has 0 spiro atoms. The van der Waals surface area contributed by atoms with Crippen LogP contribution >= 0.6 is 0 Å². The first-order chi connectivity index (χ1) is 14.1. The number of hydrogen-bond acceptors (Lipinski definition) is 5. The number of halogens is 3. The molecule has 0 saturated carbocycles. The summed E-state index contributed by atoms with van der Waals surface area (Å²) in [5.41, 5.74) is 5.98. The van der Waals surface area contributed by atoms with Gasteiger partial charge in [0.2, 0.25) is 0 Å². The molecular formula is C20H14F3N5O2. The van der Waals surface area contributed by atoms with Gasteiger partial charge >= 0.3 is 12.1 Å². The summed E-state index contributed by atoms with van der Waals surface area (Å²) in [5, 5.41) is 13.4. The lowest BCUT2D eigenvalue weighted by atomic mass is 9.98. The molecule has 152 valence electrons. The van der Waals surface area contributed by atoms with E-state index in [9.17, 15) is 23.1 Å². The molecule has 10 heteroatoms. The van der Waals surface area contributed by atoms with E-state index in [2.05, 4.69) is 15.1 Å². The maximum absolute atomic E-state index is 13.9. The lowest BCUT2D eigenvalue weighted by Gasteiger charge is -2.15. The summed E-state index contributed by atoms with van der Waals surface area (Å²) in [4.78, 5) is 19.5. The van der Waals surface area contributed by atoms with E-state index >= 15 is 0 Å². The van der Waals surface area contributed by atoms with Crippen LogP contribution in [0, 0.1) is 6.92 Å². The van der Waals surface area contributed by atoms with Gasteiger partial charge in [0.05, 0.1) is 23.1 Å². The van der Waals surface area contributed by atoms with Gasteiger partial charge in [0, 0.05) is 23.0 Å². The van der Waals surface area contributed by atoms with Crippen LogP contribution < -0.4 is 5.73 Å². The second-order valence-electron chi connectivity index (χ2n) is 6.63. The second kappa shape index (κ2) is 6.83. The molecule has 0 radical (unpaired) electrons. The van der Waals surface area contributed by atoms with E-state index in [0.717, 1.165) is 16.8 Å². The van der Waals surface area contributed by atoms with Gasteiger partial charge in [-0.3, -0.25) is 4.98 Å². The highest BCUT2D eigenvalue weighted by Gasteiger charge is 2.35. The Kier molecular flexibility index (Phi) is 4.41. The third-order valence-corrected chi connectivity index (χ3v) is 4.55. The molecule has 4 aromatic rings. The zero-order valence-corrected chi connectivity index (χ0v) is 15.5. The number of imidazole rings is 1. The number of fused-ring (bicyclic) bond motifs is 1. The van der Waals surface area contributed by atoms with Crippen LogP contribution in [0.3, 0.4) is 0 Å². The molecule has 0 atom stereocenters. The van der Waals surface area contributed by atoms with Crippen molar-refractivity contribution in [2.24, 2.45) is 0 Å². The fourth-order valence-electron chi connectivity index (χ4n) is 3.17. The SMILES string of the molecule is Cc1cc(-c2ccc(-c3cc(N)ccn3)cc2C(F)(F)F)nn2c(C(=O)O)cnc12. The molecule has 1 aromatic carbocycles. The van der Waals surface area contributed by atoms with E-state index in [1.807, 2.05) is 0 Å². The zero-order valence-electron chi connectivity index (χ0n) is 15.5. The highest BCUT2D eigenvalue weighted by Crippen LogP contribution is 2.39. The molecule has 3 N–H and O–H groups in total. The number of aryl methyl sites for hydroxylation is 1. The van der Waals surface area contributed by atoms with Crippen LogP contribution in [-0.4, -0.2) is 30.7 Å². The molecule has 0 bridgehead atoms. The van der Waals surface area contributed by atoms with Crippen molar-refractivity contribution in [3.8, 4) is 22.5 Å². The van der Waals surface area contributed by atoms with Gasteiger partial charge in [-0.05, 0) is 36.8 Å². The first-order valence-corrected chi connectivity index (χ1v) is 8.67. The highest BCUT2D eigenvalue weighted by atomic mass is 19.4. The van der Waals surface area contributed by atoms with Crippen LogP contribution in [0.15, 0.2) is 48.8 Å². The number of anilines is 1. The van der Waals surface area contributed by atoms with Crippen molar-refractivity contribution < 1.29 is 23.1 Å². The van der Waals surface area contributed by atoms with E-state index < -0.39 is 17.7 Å². The summed E-state index contributed by atoms with van der Waals surface area (Å²) in [6.45, 7) is 1.62. The summed E-state index contributed by atoms with van der Waals surface area (Å²) in [5.74, 6) is -1.29. The van der Waals surface area contributed by atoms with Gasteiger partial charge in [-0.1, -0.05) is 12.1 Å². The van der Waals surface area contributed by atoms with Crippen molar-refractivity contribution in [3.63, 3.8) is 0 Å². The Morgan fingerprint density at radius 2 is 1.87 bits per heavy atom. The first kappa shape index (κ1) is 19.4. The van der Waals surface area contributed by atoms with E-state index in [4.69, 9.17) is 5.73 Å². The van der Waals surface area contributed by atoms with Crippen LogP contribution in [0.5, 0.6) is 0 Å². The van der Waals surface area contributed by atoms with Crippen molar-refractivity contribution in [1.29, 1.82) is 0 Å². The monoisotopic (exact) mass is 413 g/mol. The molecule has 0 saturated heterocycles. The molecule has 0 aliphatic heterocycles. The number of nitrogens with two attached hydrogens (primary N) is 1. The van der Waals surface area contributed by atoms with Crippen molar-refractivity contribution >= 4 is 17.3 Å². The van der Waals surface area contributed by atoms with Crippen LogP contribution in [-0.2, 0) is 6.18 Å². The molecule has 7 nitrogen and oxygen atoms in total. The quantitative estimate of drug-likeness (QED) is 0.525. The molecule has 4 rings (SSSR count). The van der Waals surface area contributed by atoms with E-state index in [1.54, 1.807) is 6.92 Å². The predicted octanol–water partition coefficient (Wildman–Crippen LogP) is 4.07. The van der Waals surface area contributed by atoms with Crippen molar-refractivity contribution in [2.45, 2.75) is 13.1 Å². The average Bonchev–Trinajstić information content (AvgIpc) is 3.12. The molecule has 0 amide bonds. The van der Waals surface area contributed by atoms with E-state index in [-0.39, 0.29) is 28.2 Å². The normalized spacial score (nSPS) is 11.7. The lowest BCUT2D eigenvalue weighted by Crippen LogP contribution is -2.10. The molecule has 3 heterocycles. The third-order valence-electron chi connectivity index (χ3n) is 4.55. The molecule has 0 unspecified atom stereocenters. The molecule has 30 heavy (non-hydrogen) atoms. The number of hydrogen-bond donors (Lipinski definition) is 2.